The van der Waals surface area contributed by atoms with E-state index in [2.05, 4.69) is 10.3 Å². The number of nitrogens with two attached hydrogens (primary N) is 1. The van der Waals surface area contributed by atoms with Gasteiger partial charge in [-0.2, -0.15) is 0 Å². The number of nitrogens with zero attached hydrogens (tertiary/aromatic N) is 1. The summed E-state index contributed by atoms with van der Waals surface area (Å²) in [6.07, 6.45) is 0. The average Bonchev–Trinajstić information content (AvgIpc) is 3.19. The number of hydrogen-bond donors (Lipinski definition) is 2. The number of benzene rings is 2. The number of aromatic nitrogens is 1. The van der Waals surface area contributed by atoms with Gasteiger partial charge in [-0.15, -0.1) is 11.3 Å². The van der Waals surface area contributed by atoms with Crippen molar-refractivity contribution >= 4 is 27.3 Å². The fourth-order valence-electron chi connectivity index (χ4n) is 2.50. The van der Waals surface area contributed by atoms with Gasteiger partial charge in [-0.25, -0.2) is 18.5 Å². The molecule has 1 heterocycles. The van der Waals surface area contributed by atoms with Crippen LogP contribution in [0.1, 0.15) is 34.6 Å². The number of hydrogen-bond acceptors (Lipinski definition) is 6. The Morgan fingerprint density at radius 2 is 2.00 bits per heavy atom. The first-order valence-corrected chi connectivity index (χ1v) is 10.9. The normalized spacial score (nSPS) is 12.4. The number of ether oxygens (including phenoxy) is 1. The number of amides is 1. The van der Waals surface area contributed by atoms with Crippen molar-refractivity contribution in [2.75, 3.05) is 0 Å². The third kappa shape index (κ3) is 5.16. The lowest BCUT2D eigenvalue weighted by Gasteiger charge is -2.15. The first-order valence-electron chi connectivity index (χ1n) is 8.36. The summed E-state index contributed by atoms with van der Waals surface area (Å²) in [6, 6.07) is 12.6. The van der Waals surface area contributed by atoms with E-state index in [4.69, 9.17) is 9.88 Å². The molecule has 0 bridgehead atoms. The van der Waals surface area contributed by atoms with Crippen molar-refractivity contribution in [3.63, 3.8) is 0 Å². The molecule has 28 heavy (non-hydrogen) atoms. The zero-order valence-corrected chi connectivity index (χ0v) is 16.7. The van der Waals surface area contributed by atoms with Crippen molar-refractivity contribution in [1.29, 1.82) is 0 Å². The summed E-state index contributed by atoms with van der Waals surface area (Å²) in [4.78, 5) is 16.7. The van der Waals surface area contributed by atoms with Crippen molar-refractivity contribution in [1.82, 2.24) is 10.3 Å². The predicted molar refractivity (Wildman–Crippen MR) is 107 cm³/mol. The van der Waals surface area contributed by atoms with E-state index in [0.29, 0.717) is 17.9 Å². The molecule has 0 saturated heterocycles. The SMILES string of the molecule is C[C@H](NC(=O)c1cccc(OCc2cscn2)c1)c1ccc(S(N)(=O)=O)cc1. The summed E-state index contributed by atoms with van der Waals surface area (Å²) in [5.41, 5.74) is 3.79. The molecule has 3 N–H and O–H groups in total. The maximum atomic E-state index is 12.5. The molecule has 1 amide bonds. The summed E-state index contributed by atoms with van der Waals surface area (Å²) >= 11 is 1.49. The van der Waals surface area contributed by atoms with Crippen molar-refractivity contribution in [3.8, 4) is 5.75 Å². The van der Waals surface area contributed by atoms with Crippen LogP contribution in [-0.4, -0.2) is 19.3 Å². The van der Waals surface area contributed by atoms with E-state index in [9.17, 15) is 13.2 Å². The summed E-state index contributed by atoms with van der Waals surface area (Å²) in [6.45, 7) is 2.15. The molecule has 1 aromatic heterocycles. The Balaban J connectivity index is 1.64. The van der Waals surface area contributed by atoms with E-state index in [1.54, 1.807) is 41.9 Å². The third-order valence-corrected chi connectivity index (χ3v) is 5.59. The van der Waals surface area contributed by atoms with Crippen LogP contribution in [0.15, 0.2) is 64.3 Å². The quantitative estimate of drug-likeness (QED) is 0.614. The van der Waals surface area contributed by atoms with Gasteiger partial charge >= 0.3 is 0 Å². The Kier molecular flexibility index (Phi) is 6.08. The van der Waals surface area contributed by atoms with Crippen molar-refractivity contribution in [3.05, 3.63) is 76.2 Å². The topological polar surface area (TPSA) is 111 Å². The Morgan fingerprint density at radius 1 is 1.25 bits per heavy atom. The highest BCUT2D eigenvalue weighted by Crippen LogP contribution is 2.18. The van der Waals surface area contributed by atoms with E-state index >= 15 is 0 Å². The van der Waals surface area contributed by atoms with Gasteiger partial charge in [0.15, 0.2) is 0 Å². The number of carbonyl (C=O) groups excluding carboxylic acids is 1. The van der Waals surface area contributed by atoms with Gasteiger partial charge in [0, 0.05) is 10.9 Å². The molecular formula is C19H19N3O4S2. The van der Waals surface area contributed by atoms with Crippen molar-refractivity contribution in [2.24, 2.45) is 5.14 Å². The summed E-state index contributed by atoms with van der Waals surface area (Å²) in [5.74, 6) is 0.313. The van der Waals surface area contributed by atoms with Crippen LogP contribution in [0, 0.1) is 0 Å². The fourth-order valence-corrected chi connectivity index (χ4v) is 3.56. The monoisotopic (exact) mass is 417 g/mol. The summed E-state index contributed by atoms with van der Waals surface area (Å²) in [7, 11) is -3.74. The van der Waals surface area contributed by atoms with Crippen LogP contribution in [0.4, 0.5) is 0 Å². The highest BCUT2D eigenvalue weighted by Gasteiger charge is 2.14. The molecule has 0 radical (unpaired) electrons. The molecule has 0 aliphatic rings. The second-order valence-corrected chi connectivity index (χ2v) is 8.39. The maximum Gasteiger partial charge on any atom is 0.251 e. The number of nitrogens with one attached hydrogen (secondary N) is 1. The minimum Gasteiger partial charge on any atom is -0.487 e. The maximum absolute atomic E-state index is 12.5. The molecule has 3 rings (SSSR count). The lowest BCUT2D eigenvalue weighted by Crippen LogP contribution is -2.26. The van der Waals surface area contributed by atoms with Crippen molar-refractivity contribution in [2.45, 2.75) is 24.5 Å². The Bertz CT molecular complexity index is 1050. The number of primary sulfonamides is 1. The van der Waals surface area contributed by atoms with E-state index in [1.807, 2.05) is 12.3 Å². The van der Waals surface area contributed by atoms with Gasteiger partial charge in [0.1, 0.15) is 12.4 Å². The largest absolute Gasteiger partial charge is 0.487 e. The molecule has 2 aromatic carbocycles. The highest BCUT2D eigenvalue weighted by molar-refractivity contribution is 7.89. The second-order valence-electron chi connectivity index (χ2n) is 6.11. The molecule has 1 atom stereocenters. The Labute approximate surface area is 167 Å². The van der Waals surface area contributed by atoms with E-state index < -0.39 is 10.0 Å². The minimum atomic E-state index is -3.74. The fraction of sp³-hybridized carbons (Fsp3) is 0.158. The zero-order chi connectivity index (χ0) is 20.1. The van der Waals surface area contributed by atoms with Gasteiger partial charge < -0.3 is 10.1 Å². The molecule has 9 heteroatoms. The second kappa shape index (κ2) is 8.51. The van der Waals surface area contributed by atoms with Crippen LogP contribution in [0.25, 0.3) is 0 Å². The van der Waals surface area contributed by atoms with Gasteiger partial charge in [-0.3, -0.25) is 4.79 Å². The first kappa shape index (κ1) is 20.0. The molecule has 7 nitrogen and oxygen atoms in total. The Morgan fingerprint density at radius 3 is 2.64 bits per heavy atom. The van der Waals surface area contributed by atoms with Crippen LogP contribution < -0.4 is 15.2 Å². The van der Waals surface area contributed by atoms with Gasteiger partial charge in [-0.05, 0) is 42.8 Å². The molecular weight excluding hydrogens is 398 g/mol. The lowest BCUT2D eigenvalue weighted by atomic mass is 10.1. The number of carbonyl (C=O) groups is 1. The number of sulfonamides is 1. The Hall–Kier alpha value is -2.75. The van der Waals surface area contributed by atoms with Gasteiger partial charge in [0.25, 0.3) is 5.91 Å². The first-order chi connectivity index (χ1) is 13.3. The number of rotatable bonds is 7. The molecule has 146 valence electrons. The molecule has 0 unspecified atom stereocenters. The van der Waals surface area contributed by atoms with Crippen LogP contribution in [-0.2, 0) is 16.6 Å². The summed E-state index contributed by atoms with van der Waals surface area (Å²) in [5, 5.41) is 9.88. The van der Waals surface area contributed by atoms with E-state index in [1.165, 1.54) is 23.5 Å². The van der Waals surface area contributed by atoms with Gasteiger partial charge in [0.2, 0.25) is 10.0 Å². The summed E-state index contributed by atoms with van der Waals surface area (Å²) < 4.78 is 28.3. The average molecular weight is 418 g/mol. The molecule has 0 saturated carbocycles. The third-order valence-electron chi connectivity index (χ3n) is 4.02. The van der Waals surface area contributed by atoms with Gasteiger partial charge in [0.05, 0.1) is 22.1 Å². The van der Waals surface area contributed by atoms with Gasteiger partial charge in [-0.1, -0.05) is 18.2 Å². The van der Waals surface area contributed by atoms with Crippen molar-refractivity contribution < 1.29 is 17.9 Å². The molecule has 3 aromatic rings. The minimum absolute atomic E-state index is 0.0275. The number of thiazole rings is 1. The predicted octanol–water partition coefficient (Wildman–Crippen LogP) is 2.86. The standard InChI is InChI=1S/C19H19N3O4S2/c1-13(14-5-7-18(8-6-14)28(20,24)25)22-19(23)15-3-2-4-17(9-15)26-10-16-11-27-12-21-16/h2-9,11-13H,10H2,1H3,(H,22,23)(H2,20,24,25)/t13-/m0/s1. The highest BCUT2D eigenvalue weighted by atomic mass is 32.2. The van der Waals surface area contributed by atoms with Crippen LogP contribution in [0.3, 0.4) is 0 Å². The van der Waals surface area contributed by atoms with E-state index in [-0.39, 0.29) is 16.8 Å². The lowest BCUT2D eigenvalue weighted by molar-refractivity contribution is 0.0939. The molecule has 0 fully saturated rings. The van der Waals surface area contributed by atoms with Crippen LogP contribution in [0.2, 0.25) is 0 Å². The van der Waals surface area contributed by atoms with Crippen LogP contribution in [0.5, 0.6) is 5.75 Å². The smallest absolute Gasteiger partial charge is 0.251 e. The zero-order valence-electron chi connectivity index (χ0n) is 15.0. The van der Waals surface area contributed by atoms with E-state index in [0.717, 1.165) is 11.3 Å². The van der Waals surface area contributed by atoms with Crippen LogP contribution >= 0.6 is 11.3 Å². The molecule has 0 spiro atoms. The molecule has 0 aliphatic heterocycles. The molecule has 0 aliphatic carbocycles.